The lowest BCUT2D eigenvalue weighted by molar-refractivity contribution is -0.150. The van der Waals surface area contributed by atoms with E-state index < -0.39 is 12.0 Å². The minimum Gasteiger partial charge on any atom is -0.480 e. The van der Waals surface area contributed by atoms with E-state index in [1.807, 2.05) is 0 Å². The van der Waals surface area contributed by atoms with Gasteiger partial charge in [0.1, 0.15) is 12.1 Å². The Hall–Kier alpha value is -2.41. The number of aliphatic carboxylic acids is 1. The summed E-state index contributed by atoms with van der Waals surface area (Å²) in [7, 11) is 0. The predicted molar refractivity (Wildman–Crippen MR) is 220 cm³/mol. The summed E-state index contributed by atoms with van der Waals surface area (Å²) in [5, 5.41) is 11.9. The lowest BCUT2D eigenvalue weighted by Crippen LogP contribution is -2.40. The summed E-state index contributed by atoms with van der Waals surface area (Å²) in [5.41, 5.74) is 5.48. The highest BCUT2D eigenvalue weighted by Gasteiger charge is 2.19. The van der Waals surface area contributed by atoms with Crippen molar-refractivity contribution >= 4 is 17.8 Å². The molecule has 0 aromatic heterocycles. The second-order valence-electron chi connectivity index (χ2n) is 14.8. The van der Waals surface area contributed by atoms with Gasteiger partial charge >= 0.3 is 11.9 Å². The van der Waals surface area contributed by atoms with Gasteiger partial charge in [0.25, 0.3) is 0 Å². The summed E-state index contributed by atoms with van der Waals surface area (Å²) < 4.78 is 5.98. The molecular formula is C45H82N2O5. The van der Waals surface area contributed by atoms with E-state index in [2.05, 4.69) is 55.6 Å². The maximum atomic E-state index is 12.7. The molecule has 0 aromatic carbocycles. The summed E-state index contributed by atoms with van der Waals surface area (Å²) in [5.74, 6) is -1.28. The third-order valence-electron chi connectivity index (χ3n) is 9.71. The fourth-order valence-electron chi connectivity index (χ4n) is 6.40. The summed E-state index contributed by atoms with van der Waals surface area (Å²) in [6, 6.07) is -0.864. The number of hydrogen-bond acceptors (Lipinski definition) is 5. The van der Waals surface area contributed by atoms with E-state index in [0.29, 0.717) is 32.2 Å². The van der Waals surface area contributed by atoms with Gasteiger partial charge in [-0.3, -0.25) is 9.59 Å². The molecule has 2 unspecified atom stereocenters. The van der Waals surface area contributed by atoms with Crippen LogP contribution >= 0.6 is 0 Å². The summed E-state index contributed by atoms with van der Waals surface area (Å²) in [6.45, 7) is 4.90. The largest absolute Gasteiger partial charge is 0.480 e. The number of carbonyl (C=O) groups is 3. The predicted octanol–water partition coefficient (Wildman–Crippen LogP) is 12.2. The van der Waals surface area contributed by atoms with Crippen molar-refractivity contribution in [3.8, 4) is 0 Å². The lowest BCUT2D eigenvalue weighted by atomic mass is 10.0. The zero-order valence-corrected chi connectivity index (χ0v) is 33.9. The number of ether oxygens (including phenoxy) is 1. The van der Waals surface area contributed by atoms with Gasteiger partial charge in [0.2, 0.25) is 5.91 Å². The standard InChI is InChI=1S/C45H82N2O5/c1-3-5-7-9-11-12-13-14-15-16-17-18-19-20-21-22-23-24-25-27-33-39-44(49)52-41(35-30-26-10-8-6-4-2)36-31-28-29-32-38-43(48)47-42(45(50)51)37-34-40-46/h13-14,16-17,19-20,41-42H,3-12,15,18,21-40,46H2,1-2H3,(H,47,48)(H,50,51)/b14-13-,17-16-,20-19-. The van der Waals surface area contributed by atoms with Crippen molar-refractivity contribution < 1.29 is 24.2 Å². The Labute approximate surface area is 320 Å². The molecule has 1 amide bonds. The molecule has 0 saturated carbocycles. The van der Waals surface area contributed by atoms with Crippen LogP contribution in [0.25, 0.3) is 0 Å². The van der Waals surface area contributed by atoms with Gasteiger partial charge in [-0.15, -0.1) is 0 Å². The zero-order chi connectivity index (χ0) is 38.2. The Morgan fingerprint density at radius 2 is 1.00 bits per heavy atom. The van der Waals surface area contributed by atoms with Crippen molar-refractivity contribution in [2.75, 3.05) is 6.54 Å². The molecular weight excluding hydrogens is 649 g/mol. The Kier molecular flexibility index (Phi) is 37.9. The minimum atomic E-state index is -1.01. The maximum absolute atomic E-state index is 12.7. The molecule has 0 rings (SSSR count). The fourth-order valence-corrected chi connectivity index (χ4v) is 6.40. The van der Waals surface area contributed by atoms with Crippen molar-refractivity contribution in [1.82, 2.24) is 5.32 Å². The van der Waals surface area contributed by atoms with Crippen molar-refractivity contribution in [3.05, 3.63) is 36.5 Å². The van der Waals surface area contributed by atoms with Gasteiger partial charge in [-0.25, -0.2) is 4.79 Å². The highest BCUT2D eigenvalue weighted by molar-refractivity contribution is 5.83. The molecule has 302 valence electrons. The van der Waals surface area contributed by atoms with Crippen molar-refractivity contribution in [2.45, 2.75) is 225 Å². The Morgan fingerprint density at radius 1 is 0.558 bits per heavy atom. The molecule has 7 heteroatoms. The molecule has 0 radical (unpaired) electrons. The summed E-state index contributed by atoms with van der Waals surface area (Å²) in [6.07, 6.45) is 46.3. The number of esters is 1. The SMILES string of the molecule is CCCCCCC/C=C\C/C=C\C/C=C\CCCCCCCCC(=O)OC(CCCCCCCC)CCCCCCC(=O)NC(CCCN)C(=O)O. The number of carbonyl (C=O) groups excluding carboxylic acids is 2. The number of nitrogens with one attached hydrogen (secondary N) is 1. The van der Waals surface area contributed by atoms with Crippen LogP contribution in [-0.2, 0) is 19.1 Å². The van der Waals surface area contributed by atoms with Crippen LogP contribution in [0.5, 0.6) is 0 Å². The van der Waals surface area contributed by atoms with Crippen LogP contribution in [0.15, 0.2) is 36.5 Å². The Morgan fingerprint density at radius 3 is 1.50 bits per heavy atom. The number of amides is 1. The highest BCUT2D eigenvalue weighted by Crippen LogP contribution is 2.18. The van der Waals surface area contributed by atoms with E-state index in [-0.39, 0.29) is 18.0 Å². The van der Waals surface area contributed by atoms with Crippen molar-refractivity contribution in [1.29, 1.82) is 0 Å². The minimum absolute atomic E-state index is 0.0175. The summed E-state index contributed by atoms with van der Waals surface area (Å²) in [4.78, 5) is 36.3. The fraction of sp³-hybridized carbons (Fsp3) is 0.800. The molecule has 0 saturated heterocycles. The van der Waals surface area contributed by atoms with E-state index in [1.165, 1.54) is 96.3 Å². The average Bonchev–Trinajstić information content (AvgIpc) is 3.13. The van der Waals surface area contributed by atoms with E-state index in [9.17, 15) is 19.5 Å². The first-order valence-corrected chi connectivity index (χ1v) is 21.8. The molecule has 0 aromatic rings. The van der Waals surface area contributed by atoms with Crippen LogP contribution < -0.4 is 11.1 Å². The molecule has 0 aliphatic rings. The Balaban J connectivity index is 4.10. The Bertz CT molecular complexity index is 915. The number of carboxylic acid groups (broad SMARTS) is 1. The molecule has 0 fully saturated rings. The van der Waals surface area contributed by atoms with E-state index in [4.69, 9.17) is 10.5 Å². The molecule has 7 nitrogen and oxygen atoms in total. The molecule has 0 spiro atoms. The maximum Gasteiger partial charge on any atom is 0.326 e. The van der Waals surface area contributed by atoms with Crippen LogP contribution in [0, 0.1) is 0 Å². The van der Waals surface area contributed by atoms with E-state index in [1.54, 1.807) is 0 Å². The summed E-state index contributed by atoms with van der Waals surface area (Å²) >= 11 is 0. The molecule has 4 N–H and O–H groups in total. The van der Waals surface area contributed by atoms with E-state index in [0.717, 1.165) is 77.0 Å². The van der Waals surface area contributed by atoms with Gasteiger partial charge in [0.15, 0.2) is 0 Å². The number of rotatable bonds is 39. The van der Waals surface area contributed by atoms with Crippen LogP contribution in [0.4, 0.5) is 0 Å². The van der Waals surface area contributed by atoms with Gasteiger partial charge in [-0.1, -0.05) is 147 Å². The van der Waals surface area contributed by atoms with Crippen LogP contribution in [0.1, 0.15) is 213 Å². The van der Waals surface area contributed by atoms with Crippen molar-refractivity contribution in [2.24, 2.45) is 5.73 Å². The number of allylic oxidation sites excluding steroid dienone is 6. The van der Waals surface area contributed by atoms with Crippen LogP contribution in [0.2, 0.25) is 0 Å². The zero-order valence-electron chi connectivity index (χ0n) is 33.9. The molecule has 52 heavy (non-hydrogen) atoms. The first kappa shape index (κ1) is 49.6. The third kappa shape index (κ3) is 36.0. The smallest absolute Gasteiger partial charge is 0.326 e. The second kappa shape index (κ2) is 39.8. The molecule has 0 bridgehead atoms. The van der Waals surface area contributed by atoms with Crippen molar-refractivity contribution in [3.63, 3.8) is 0 Å². The average molecular weight is 731 g/mol. The number of nitrogens with two attached hydrogens (primary N) is 1. The van der Waals surface area contributed by atoms with Crippen LogP contribution in [0.3, 0.4) is 0 Å². The van der Waals surface area contributed by atoms with E-state index >= 15 is 0 Å². The number of carboxylic acids is 1. The second-order valence-corrected chi connectivity index (χ2v) is 14.8. The first-order chi connectivity index (χ1) is 25.4. The molecule has 0 aliphatic heterocycles. The van der Waals surface area contributed by atoms with Gasteiger partial charge < -0.3 is 20.9 Å². The van der Waals surface area contributed by atoms with Crippen LogP contribution in [-0.4, -0.2) is 41.6 Å². The lowest BCUT2D eigenvalue weighted by Gasteiger charge is -2.18. The molecule has 0 aliphatic carbocycles. The number of hydrogen-bond donors (Lipinski definition) is 3. The molecule has 2 atom stereocenters. The monoisotopic (exact) mass is 731 g/mol. The highest BCUT2D eigenvalue weighted by atomic mass is 16.5. The van der Waals surface area contributed by atoms with Gasteiger partial charge in [0, 0.05) is 12.8 Å². The third-order valence-corrected chi connectivity index (χ3v) is 9.71. The normalized spacial score (nSPS) is 13.0. The van der Waals surface area contributed by atoms with Gasteiger partial charge in [0.05, 0.1) is 0 Å². The quantitative estimate of drug-likeness (QED) is 0.0329. The molecule has 0 heterocycles. The van der Waals surface area contributed by atoms with Gasteiger partial charge in [-0.2, -0.15) is 0 Å². The van der Waals surface area contributed by atoms with Gasteiger partial charge in [-0.05, 0) is 96.4 Å². The first-order valence-electron chi connectivity index (χ1n) is 21.8. The topological polar surface area (TPSA) is 119 Å². The number of unbranched alkanes of at least 4 members (excludes halogenated alkanes) is 19.